The van der Waals surface area contributed by atoms with Gasteiger partial charge in [-0.1, -0.05) is 116 Å². The monoisotopic (exact) mass is 516 g/mol. The Kier molecular flexibility index (Phi) is 22.9. The van der Waals surface area contributed by atoms with Crippen molar-refractivity contribution >= 4 is 7.60 Å². The molecule has 0 aromatic carbocycles. The van der Waals surface area contributed by atoms with Gasteiger partial charge in [-0.15, -0.1) is 0 Å². The molecule has 1 N–H and O–H groups in total. The van der Waals surface area contributed by atoms with E-state index in [0.29, 0.717) is 17.5 Å². The van der Waals surface area contributed by atoms with Crippen LogP contribution in [0, 0.1) is 0 Å². The van der Waals surface area contributed by atoms with Crippen LogP contribution in [0.2, 0.25) is 0 Å². The maximum atomic E-state index is 12.7. The minimum absolute atomic E-state index is 0.336. The molecule has 0 aliphatic carbocycles. The van der Waals surface area contributed by atoms with Crippen LogP contribution in [-0.2, 0) is 9.09 Å². The van der Waals surface area contributed by atoms with E-state index in [9.17, 15) is 9.46 Å². The highest BCUT2D eigenvalue weighted by molar-refractivity contribution is 7.53. The van der Waals surface area contributed by atoms with Crippen LogP contribution in [0.15, 0.2) is 12.2 Å². The number of hydrogen-bond donors (Lipinski definition) is 1. The lowest BCUT2D eigenvalue weighted by Gasteiger charge is -2.35. The molecule has 0 radical (unpaired) electrons. The summed E-state index contributed by atoms with van der Waals surface area (Å²) in [5, 5.41) is 0. The first-order valence-electron chi connectivity index (χ1n) is 15.2. The van der Waals surface area contributed by atoms with E-state index in [1.165, 1.54) is 109 Å². The lowest BCUT2D eigenvalue weighted by molar-refractivity contribution is -0.883. The van der Waals surface area contributed by atoms with Crippen molar-refractivity contribution in [3.8, 4) is 0 Å². The molecule has 210 valence electrons. The molecule has 0 bridgehead atoms. The van der Waals surface area contributed by atoms with Crippen molar-refractivity contribution < 1.29 is 18.5 Å². The Morgan fingerprint density at radius 1 is 0.657 bits per heavy atom. The van der Waals surface area contributed by atoms with Crippen molar-refractivity contribution in [3.05, 3.63) is 12.2 Å². The Labute approximate surface area is 220 Å². The zero-order valence-corrected chi connectivity index (χ0v) is 25.3. The summed E-state index contributed by atoms with van der Waals surface area (Å²) in [6.45, 7) is 4.74. The van der Waals surface area contributed by atoms with Gasteiger partial charge in [-0.05, 0) is 38.5 Å². The van der Waals surface area contributed by atoms with E-state index < -0.39 is 7.60 Å². The molecule has 0 saturated heterocycles. The van der Waals surface area contributed by atoms with Gasteiger partial charge in [0.25, 0.3) is 0 Å². The third-order valence-corrected chi connectivity index (χ3v) is 9.26. The van der Waals surface area contributed by atoms with Gasteiger partial charge in [0.05, 0.1) is 27.7 Å². The quantitative estimate of drug-likeness (QED) is 0.0538. The second kappa shape index (κ2) is 23.0. The molecule has 0 aromatic heterocycles. The van der Waals surface area contributed by atoms with Crippen molar-refractivity contribution in [2.45, 2.75) is 154 Å². The number of unbranched alkanes of at least 4 members (excludes halogenated alkanes) is 17. The van der Waals surface area contributed by atoms with E-state index in [1.54, 1.807) is 0 Å². The van der Waals surface area contributed by atoms with Gasteiger partial charge < -0.3 is 13.9 Å². The Hall–Kier alpha value is -0.150. The van der Waals surface area contributed by atoms with Gasteiger partial charge >= 0.3 is 7.60 Å². The predicted molar refractivity (Wildman–Crippen MR) is 155 cm³/mol. The smallest absolute Gasteiger partial charge is 0.320 e. The molecule has 0 fully saturated rings. The summed E-state index contributed by atoms with van der Waals surface area (Å²) in [6.07, 6.45) is 31.3. The number of allylic oxidation sites excluding steroid dienone is 2. The molecule has 0 aliphatic rings. The summed E-state index contributed by atoms with van der Waals surface area (Å²) in [4.78, 5) is 10.4. The van der Waals surface area contributed by atoms with Crippen molar-refractivity contribution in [1.29, 1.82) is 0 Å². The maximum Gasteiger partial charge on any atom is 0.385 e. The summed E-state index contributed by atoms with van der Waals surface area (Å²) < 4.78 is 18.6. The topological polar surface area (TPSA) is 46.5 Å². The SMILES string of the molecule is CCCCCCCCCCC/C=C\CCCCCCCCCCOP(=O)(O)C(CCC)[N+](C)(C)C. The third kappa shape index (κ3) is 21.6. The predicted octanol–water partition coefficient (Wildman–Crippen LogP) is 10.0. The first kappa shape index (κ1) is 34.9. The van der Waals surface area contributed by atoms with Crippen LogP contribution < -0.4 is 0 Å². The first-order chi connectivity index (χ1) is 16.8. The fourth-order valence-corrected chi connectivity index (χ4v) is 6.78. The highest BCUT2D eigenvalue weighted by Gasteiger charge is 2.41. The van der Waals surface area contributed by atoms with Gasteiger partial charge in [-0.2, -0.15) is 0 Å². The van der Waals surface area contributed by atoms with Gasteiger partial charge in [0.2, 0.25) is 0 Å². The normalized spacial score (nSPS) is 15.0. The average Bonchev–Trinajstić information content (AvgIpc) is 2.80. The van der Waals surface area contributed by atoms with Gasteiger partial charge in [0, 0.05) is 6.42 Å². The molecule has 0 spiro atoms. The molecule has 0 aromatic rings. The lowest BCUT2D eigenvalue weighted by Crippen LogP contribution is -2.45. The van der Waals surface area contributed by atoms with Crippen LogP contribution in [0.3, 0.4) is 0 Å². The fraction of sp³-hybridized carbons (Fsp3) is 0.933. The zero-order chi connectivity index (χ0) is 26.3. The molecule has 0 heterocycles. The molecular formula is C30H63NO3P+. The maximum absolute atomic E-state index is 12.7. The summed E-state index contributed by atoms with van der Waals surface area (Å²) in [5.74, 6) is -0.336. The fourth-order valence-electron chi connectivity index (χ4n) is 4.76. The zero-order valence-electron chi connectivity index (χ0n) is 24.4. The second-order valence-corrected chi connectivity index (χ2v) is 13.5. The van der Waals surface area contributed by atoms with Gasteiger partial charge in [0.1, 0.15) is 0 Å². The Morgan fingerprint density at radius 2 is 1.06 bits per heavy atom. The van der Waals surface area contributed by atoms with E-state index >= 15 is 0 Å². The standard InChI is InChI=1S/C30H62NO3P/c1-6-8-9-10-11-12-13-14-15-16-17-18-19-20-21-22-23-24-25-26-27-29-34-35(32,33)30(28-7-2)31(3,4)5/h17-18,30H,6-16,19-29H2,1-5H3/p+1/b18-17-. The molecule has 2 atom stereocenters. The largest absolute Gasteiger partial charge is 0.385 e. The summed E-state index contributed by atoms with van der Waals surface area (Å²) in [5.41, 5.74) is 0. The Morgan fingerprint density at radius 3 is 1.46 bits per heavy atom. The molecule has 0 aliphatic heterocycles. The van der Waals surface area contributed by atoms with Crippen molar-refractivity contribution in [1.82, 2.24) is 0 Å². The third-order valence-electron chi connectivity index (χ3n) is 7.00. The van der Waals surface area contributed by atoms with Gasteiger partial charge in [-0.3, -0.25) is 4.57 Å². The molecule has 5 heteroatoms. The number of quaternary nitrogens is 1. The minimum Gasteiger partial charge on any atom is -0.320 e. The summed E-state index contributed by atoms with van der Waals surface area (Å²) in [7, 11) is 2.35. The van der Waals surface area contributed by atoms with Gasteiger partial charge in [-0.25, -0.2) is 0 Å². The van der Waals surface area contributed by atoms with Crippen molar-refractivity contribution in [2.75, 3.05) is 27.7 Å². The van der Waals surface area contributed by atoms with Crippen molar-refractivity contribution in [2.24, 2.45) is 0 Å². The van der Waals surface area contributed by atoms with Gasteiger partial charge in [0.15, 0.2) is 5.78 Å². The Bertz CT molecular complexity index is 530. The molecule has 35 heavy (non-hydrogen) atoms. The average molecular weight is 517 g/mol. The van der Waals surface area contributed by atoms with Crippen LogP contribution >= 0.6 is 7.60 Å². The van der Waals surface area contributed by atoms with E-state index in [1.807, 2.05) is 21.1 Å². The summed E-state index contributed by atoms with van der Waals surface area (Å²) >= 11 is 0. The molecular weight excluding hydrogens is 453 g/mol. The molecule has 0 saturated carbocycles. The molecule has 0 rings (SSSR count). The first-order valence-corrected chi connectivity index (χ1v) is 16.8. The van der Waals surface area contributed by atoms with Crippen LogP contribution in [0.5, 0.6) is 0 Å². The number of nitrogens with zero attached hydrogens (tertiary/aromatic N) is 1. The van der Waals surface area contributed by atoms with Crippen LogP contribution in [0.25, 0.3) is 0 Å². The van der Waals surface area contributed by atoms with E-state index in [2.05, 4.69) is 26.0 Å². The van der Waals surface area contributed by atoms with E-state index in [4.69, 9.17) is 4.52 Å². The highest BCUT2D eigenvalue weighted by atomic mass is 31.2. The van der Waals surface area contributed by atoms with Crippen LogP contribution in [-0.4, -0.2) is 42.9 Å². The number of hydrogen-bond acceptors (Lipinski definition) is 2. The lowest BCUT2D eigenvalue weighted by atomic mass is 10.1. The second-order valence-electron chi connectivity index (χ2n) is 11.5. The van der Waals surface area contributed by atoms with Crippen LogP contribution in [0.1, 0.15) is 149 Å². The van der Waals surface area contributed by atoms with Crippen LogP contribution in [0.4, 0.5) is 0 Å². The summed E-state index contributed by atoms with van der Waals surface area (Å²) in [6, 6.07) is 0. The van der Waals surface area contributed by atoms with E-state index in [-0.39, 0.29) is 5.78 Å². The minimum atomic E-state index is -3.57. The van der Waals surface area contributed by atoms with Crippen molar-refractivity contribution in [3.63, 3.8) is 0 Å². The number of rotatable bonds is 26. The Balaban J connectivity index is 3.47. The molecule has 2 unspecified atom stereocenters. The highest BCUT2D eigenvalue weighted by Crippen LogP contribution is 2.51. The molecule has 0 amide bonds. The molecule has 4 nitrogen and oxygen atoms in total. The van der Waals surface area contributed by atoms with E-state index in [0.717, 1.165) is 19.3 Å².